The topological polar surface area (TPSA) is 39.1 Å². The molecular weight excluding hydrogens is 330 g/mol. The van der Waals surface area contributed by atoms with Crippen molar-refractivity contribution in [1.82, 2.24) is 15.1 Å². The molecule has 4 nitrogen and oxygen atoms in total. The third-order valence-corrected chi connectivity index (χ3v) is 5.31. The number of nitrogens with zero attached hydrogens (tertiary/aromatic N) is 2. The van der Waals surface area contributed by atoms with Crippen molar-refractivity contribution in [3.8, 4) is 0 Å². The van der Waals surface area contributed by atoms with Crippen LogP contribution < -0.4 is 5.32 Å². The highest BCUT2D eigenvalue weighted by Crippen LogP contribution is 2.42. The maximum absolute atomic E-state index is 6.07. The first-order valence-electron chi connectivity index (χ1n) is 8.00. The summed E-state index contributed by atoms with van der Waals surface area (Å²) < 4.78 is 9.28. The van der Waals surface area contributed by atoms with Crippen molar-refractivity contribution in [2.24, 2.45) is 11.8 Å². The first-order chi connectivity index (χ1) is 9.88. The second kappa shape index (κ2) is 6.80. The predicted molar refractivity (Wildman–Crippen MR) is 89.4 cm³/mol. The smallest absolute Gasteiger partial charge is 0.0702 e. The lowest BCUT2D eigenvalue weighted by Gasteiger charge is -2.31. The molecule has 5 atom stereocenters. The fourth-order valence-electron chi connectivity index (χ4n) is 3.56. The Morgan fingerprint density at radius 3 is 2.48 bits per heavy atom. The van der Waals surface area contributed by atoms with Crippen molar-refractivity contribution in [3.63, 3.8) is 0 Å². The Kier molecular flexibility index (Phi) is 5.49. The van der Waals surface area contributed by atoms with E-state index in [4.69, 9.17) is 4.74 Å². The highest BCUT2D eigenvalue weighted by atomic mass is 79.9. The molecule has 0 aliphatic carbocycles. The third kappa shape index (κ3) is 3.20. The molecule has 0 aromatic carbocycles. The molecule has 1 fully saturated rings. The van der Waals surface area contributed by atoms with Crippen molar-refractivity contribution in [2.45, 2.75) is 65.8 Å². The van der Waals surface area contributed by atoms with Crippen LogP contribution >= 0.6 is 15.9 Å². The minimum Gasteiger partial charge on any atom is -0.375 e. The van der Waals surface area contributed by atoms with Crippen LogP contribution in [0.15, 0.2) is 10.7 Å². The average Bonchev–Trinajstić information content (AvgIpc) is 2.90. The molecule has 21 heavy (non-hydrogen) atoms. The van der Waals surface area contributed by atoms with Crippen LogP contribution in [0.1, 0.15) is 59.3 Å². The van der Waals surface area contributed by atoms with Gasteiger partial charge in [-0.3, -0.25) is 4.68 Å². The van der Waals surface area contributed by atoms with Crippen LogP contribution in [0.25, 0.3) is 0 Å². The van der Waals surface area contributed by atoms with Gasteiger partial charge in [0.2, 0.25) is 0 Å². The van der Waals surface area contributed by atoms with Crippen LogP contribution in [-0.4, -0.2) is 28.5 Å². The van der Waals surface area contributed by atoms with Gasteiger partial charge in [0.1, 0.15) is 0 Å². The van der Waals surface area contributed by atoms with E-state index in [1.165, 1.54) is 5.69 Å². The summed E-state index contributed by atoms with van der Waals surface area (Å²) in [5, 5.41) is 8.22. The van der Waals surface area contributed by atoms with E-state index in [9.17, 15) is 0 Å². The SMILES string of the molecule is CCNC(c1c(Br)cnn1C(C)C)C1C(C)OC(C)C1C. The first kappa shape index (κ1) is 17.0. The molecular formula is C16H28BrN3O. The van der Waals surface area contributed by atoms with Crippen molar-refractivity contribution in [2.75, 3.05) is 6.54 Å². The third-order valence-electron chi connectivity index (χ3n) is 4.70. The summed E-state index contributed by atoms with van der Waals surface area (Å²) in [5.74, 6) is 0.969. The zero-order valence-electron chi connectivity index (χ0n) is 13.9. The van der Waals surface area contributed by atoms with Crippen molar-refractivity contribution in [1.29, 1.82) is 0 Å². The zero-order valence-corrected chi connectivity index (χ0v) is 15.5. The van der Waals surface area contributed by atoms with Gasteiger partial charge in [0, 0.05) is 12.0 Å². The molecule has 1 aromatic heterocycles. The fourth-order valence-corrected chi connectivity index (χ4v) is 4.08. The van der Waals surface area contributed by atoms with Crippen molar-refractivity contribution >= 4 is 15.9 Å². The normalized spacial score (nSPS) is 31.0. The van der Waals surface area contributed by atoms with E-state index in [0.717, 1.165) is 11.0 Å². The molecule has 0 radical (unpaired) electrons. The number of aromatic nitrogens is 2. The number of ether oxygens (including phenoxy) is 1. The minimum absolute atomic E-state index is 0.251. The van der Waals surface area contributed by atoms with Crippen LogP contribution in [0.3, 0.4) is 0 Å². The molecule has 0 bridgehead atoms. The van der Waals surface area contributed by atoms with E-state index in [-0.39, 0.29) is 12.1 Å². The summed E-state index contributed by atoms with van der Waals surface area (Å²) >= 11 is 3.69. The molecule has 1 aromatic rings. The Balaban J connectivity index is 2.42. The minimum atomic E-state index is 0.251. The Morgan fingerprint density at radius 2 is 2.00 bits per heavy atom. The summed E-state index contributed by atoms with van der Waals surface area (Å²) in [7, 11) is 0. The quantitative estimate of drug-likeness (QED) is 0.867. The molecule has 1 saturated heterocycles. The Labute approximate surface area is 136 Å². The highest BCUT2D eigenvalue weighted by Gasteiger charge is 2.43. The maximum Gasteiger partial charge on any atom is 0.0702 e. The molecule has 120 valence electrons. The van der Waals surface area contributed by atoms with Gasteiger partial charge < -0.3 is 10.1 Å². The van der Waals surface area contributed by atoms with Gasteiger partial charge in [0.15, 0.2) is 0 Å². The van der Waals surface area contributed by atoms with Gasteiger partial charge in [-0.2, -0.15) is 5.10 Å². The number of halogens is 1. The summed E-state index contributed by atoms with van der Waals surface area (Å²) in [6.45, 7) is 14.1. The van der Waals surface area contributed by atoms with Gasteiger partial charge in [0.05, 0.1) is 34.6 Å². The van der Waals surface area contributed by atoms with Crippen LogP contribution in [0.4, 0.5) is 0 Å². The van der Waals surface area contributed by atoms with E-state index in [1.54, 1.807) is 0 Å². The molecule has 1 aliphatic heterocycles. The van der Waals surface area contributed by atoms with E-state index in [1.807, 2.05) is 6.20 Å². The summed E-state index contributed by atoms with van der Waals surface area (Å²) in [6.07, 6.45) is 2.47. The molecule has 0 spiro atoms. The highest BCUT2D eigenvalue weighted by molar-refractivity contribution is 9.10. The van der Waals surface area contributed by atoms with E-state index < -0.39 is 0 Å². The molecule has 0 saturated carbocycles. The van der Waals surface area contributed by atoms with Gasteiger partial charge in [0.25, 0.3) is 0 Å². The summed E-state index contributed by atoms with van der Waals surface area (Å²) in [5.41, 5.74) is 1.24. The van der Waals surface area contributed by atoms with Gasteiger partial charge in [-0.15, -0.1) is 0 Å². The van der Waals surface area contributed by atoms with Gasteiger partial charge in [-0.1, -0.05) is 13.8 Å². The molecule has 1 aliphatic rings. The molecule has 5 heteroatoms. The summed E-state index contributed by atoms with van der Waals surface area (Å²) in [6, 6.07) is 0.599. The second-order valence-electron chi connectivity index (χ2n) is 6.43. The Hall–Kier alpha value is -0.390. The number of nitrogens with one attached hydrogen (secondary N) is 1. The number of hydrogen-bond acceptors (Lipinski definition) is 3. The molecule has 2 heterocycles. The Bertz CT molecular complexity index is 474. The fraction of sp³-hybridized carbons (Fsp3) is 0.812. The van der Waals surface area contributed by atoms with Gasteiger partial charge in [-0.05, 0) is 56.1 Å². The van der Waals surface area contributed by atoms with Gasteiger partial charge >= 0.3 is 0 Å². The molecule has 5 unspecified atom stereocenters. The van der Waals surface area contributed by atoms with E-state index in [0.29, 0.717) is 24.0 Å². The standard InChI is InChI=1S/C16H28BrN3O/c1-7-18-15(14-10(4)11(5)21-12(14)6)16-13(17)8-19-20(16)9(2)3/h8-12,14-15,18H,7H2,1-6H3. The van der Waals surface area contributed by atoms with E-state index >= 15 is 0 Å². The van der Waals surface area contributed by atoms with Gasteiger partial charge in [-0.25, -0.2) is 0 Å². The zero-order chi connectivity index (χ0) is 15.7. The molecule has 0 amide bonds. The largest absolute Gasteiger partial charge is 0.375 e. The lowest BCUT2D eigenvalue weighted by molar-refractivity contribution is 0.0471. The van der Waals surface area contributed by atoms with Crippen molar-refractivity contribution in [3.05, 3.63) is 16.4 Å². The van der Waals surface area contributed by atoms with Crippen LogP contribution in [0.2, 0.25) is 0 Å². The predicted octanol–water partition coefficient (Wildman–Crippen LogP) is 3.94. The lowest BCUT2D eigenvalue weighted by atomic mass is 9.82. The maximum atomic E-state index is 6.07. The first-order valence-corrected chi connectivity index (χ1v) is 8.79. The van der Waals surface area contributed by atoms with Crippen LogP contribution in [-0.2, 0) is 4.74 Å². The monoisotopic (exact) mass is 357 g/mol. The number of rotatable bonds is 5. The van der Waals surface area contributed by atoms with Crippen LogP contribution in [0, 0.1) is 11.8 Å². The molecule has 2 rings (SSSR count). The summed E-state index contributed by atoms with van der Waals surface area (Å²) in [4.78, 5) is 0. The molecule has 1 N–H and O–H groups in total. The van der Waals surface area contributed by atoms with Crippen molar-refractivity contribution < 1.29 is 4.74 Å². The average molecular weight is 358 g/mol. The second-order valence-corrected chi connectivity index (χ2v) is 7.29. The van der Waals surface area contributed by atoms with E-state index in [2.05, 4.69) is 72.6 Å². The Morgan fingerprint density at radius 1 is 1.33 bits per heavy atom. The van der Waals surface area contributed by atoms with Crippen LogP contribution in [0.5, 0.6) is 0 Å². The lowest BCUT2D eigenvalue weighted by Crippen LogP contribution is -2.36. The number of hydrogen-bond donors (Lipinski definition) is 1.